The summed E-state index contributed by atoms with van der Waals surface area (Å²) < 4.78 is 6.80. The van der Waals surface area contributed by atoms with Gasteiger partial charge in [-0.05, 0) is 30.5 Å². The highest BCUT2D eigenvalue weighted by Crippen LogP contribution is 2.34. The average molecular weight is 373 g/mol. The summed E-state index contributed by atoms with van der Waals surface area (Å²) in [5.74, 6) is 0.552. The fraction of sp³-hybridized carbons (Fsp3) is 0.278. The quantitative estimate of drug-likeness (QED) is 0.709. The van der Waals surface area contributed by atoms with Gasteiger partial charge >= 0.3 is 5.97 Å². The van der Waals surface area contributed by atoms with Gasteiger partial charge in [0.2, 0.25) is 0 Å². The molecule has 8 heteroatoms. The zero-order chi connectivity index (χ0) is 18.3. The van der Waals surface area contributed by atoms with Crippen molar-refractivity contribution in [2.45, 2.75) is 19.4 Å². The van der Waals surface area contributed by atoms with Gasteiger partial charge in [0.25, 0.3) is 0 Å². The third-order valence-electron chi connectivity index (χ3n) is 4.58. The fourth-order valence-corrected chi connectivity index (χ4v) is 3.59. The minimum atomic E-state index is -1.07. The first-order chi connectivity index (χ1) is 12.6. The summed E-state index contributed by atoms with van der Waals surface area (Å²) in [5, 5.41) is 14.0. The second-order valence-corrected chi connectivity index (χ2v) is 6.53. The van der Waals surface area contributed by atoms with E-state index >= 15 is 0 Å². The van der Waals surface area contributed by atoms with Crippen LogP contribution in [0.4, 0.5) is 5.82 Å². The zero-order valence-electron chi connectivity index (χ0n) is 14.1. The molecular formula is C18H17ClN4O3. The van der Waals surface area contributed by atoms with Crippen LogP contribution in [0.2, 0.25) is 5.15 Å². The summed E-state index contributed by atoms with van der Waals surface area (Å²) in [4.78, 5) is 17.9. The van der Waals surface area contributed by atoms with E-state index in [9.17, 15) is 9.90 Å². The summed E-state index contributed by atoms with van der Waals surface area (Å²) in [6.07, 6.45) is 3.06. The first kappa shape index (κ1) is 16.7. The van der Waals surface area contributed by atoms with Crippen LogP contribution in [0.5, 0.6) is 5.75 Å². The van der Waals surface area contributed by atoms with Crippen molar-refractivity contribution >= 4 is 29.0 Å². The Morgan fingerprint density at radius 2 is 2.12 bits per heavy atom. The van der Waals surface area contributed by atoms with Crippen LogP contribution in [-0.4, -0.2) is 39.3 Å². The molecule has 0 radical (unpaired) electrons. The highest BCUT2D eigenvalue weighted by Gasteiger charge is 2.26. The maximum atomic E-state index is 11.4. The number of methoxy groups -OCH3 is 1. The van der Waals surface area contributed by atoms with E-state index in [0.717, 1.165) is 42.1 Å². The number of hydrogen-bond donors (Lipinski definition) is 1. The predicted octanol–water partition coefficient (Wildman–Crippen LogP) is 3.04. The van der Waals surface area contributed by atoms with Crippen molar-refractivity contribution in [1.29, 1.82) is 0 Å². The maximum absolute atomic E-state index is 11.4. The number of aromatic carboxylic acids is 1. The first-order valence-corrected chi connectivity index (χ1v) is 8.63. The second kappa shape index (κ2) is 6.49. The van der Waals surface area contributed by atoms with Crippen molar-refractivity contribution in [2.75, 3.05) is 18.6 Å². The number of ether oxygens (including phenoxy) is 1. The van der Waals surface area contributed by atoms with Crippen LogP contribution in [0.15, 0.2) is 30.5 Å². The van der Waals surface area contributed by atoms with Crippen LogP contribution in [0.1, 0.15) is 27.9 Å². The standard InChI is InChI=1S/C18H17ClN4O3/c1-26-12-6-4-11(5-7-12)10-22-8-2-3-13-15(19)21-16-14(18(24)25)9-20-23(16)17(13)22/h4-7,9H,2-3,8,10H2,1H3,(H,24,25). The summed E-state index contributed by atoms with van der Waals surface area (Å²) in [5.41, 5.74) is 2.33. The summed E-state index contributed by atoms with van der Waals surface area (Å²) >= 11 is 6.37. The van der Waals surface area contributed by atoms with E-state index in [0.29, 0.717) is 11.7 Å². The summed E-state index contributed by atoms with van der Waals surface area (Å²) in [7, 11) is 1.64. The van der Waals surface area contributed by atoms with Crippen molar-refractivity contribution in [1.82, 2.24) is 14.6 Å². The molecule has 0 fully saturated rings. The van der Waals surface area contributed by atoms with Crippen molar-refractivity contribution < 1.29 is 14.6 Å². The average Bonchev–Trinajstić information content (AvgIpc) is 3.06. The molecule has 0 bridgehead atoms. The zero-order valence-corrected chi connectivity index (χ0v) is 14.9. The summed E-state index contributed by atoms with van der Waals surface area (Å²) in [6, 6.07) is 7.87. The molecule has 0 amide bonds. The topological polar surface area (TPSA) is 80.0 Å². The van der Waals surface area contributed by atoms with Gasteiger partial charge in [0.1, 0.15) is 22.3 Å². The maximum Gasteiger partial charge on any atom is 0.341 e. The Hall–Kier alpha value is -2.80. The third-order valence-corrected chi connectivity index (χ3v) is 4.90. The lowest BCUT2D eigenvalue weighted by Gasteiger charge is -2.31. The van der Waals surface area contributed by atoms with Crippen LogP contribution in [0.3, 0.4) is 0 Å². The largest absolute Gasteiger partial charge is 0.497 e. The van der Waals surface area contributed by atoms with Gasteiger partial charge in [-0.3, -0.25) is 0 Å². The van der Waals surface area contributed by atoms with E-state index in [1.807, 2.05) is 24.3 Å². The Kier molecular flexibility index (Phi) is 4.16. The number of fused-ring (bicyclic) bond motifs is 3. The Labute approximate surface area is 154 Å². The molecule has 2 aromatic heterocycles. The predicted molar refractivity (Wildman–Crippen MR) is 97.3 cm³/mol. The number of anilines is 1. The van der Waals surface area contributed by atoms with Gasteiger partial charge in [-0.2, -0.15) is 9.61 Å². The number of carboxylic acid groups (broad SMARTS) is 1. The molecule has 7 nitrogen and oxygen atoms in total. The van der Waals surface area contributed by atoms with Gasteiger partial charge in [-0.25, -0.2) is 9.78 Å². The lowest BCUT2D eigenvalue weighted by molar-refractivity contribution is 0.0698. The van der Waals surface area contributed by atoms with Gasteiger partial charge in [0.15, 0.2) is 5.65 Å². The van der Waals surface area contributed by atoms with Crippen LogP contribution in [-0.2, 0) is 13.0 Å². The minimum Gasteiger partial charge on any atom is -0.497 e. The van der Waals surface area contributed by atoms with E-state index in [1.54, 1.807) is 11.6 Å². The molecule has 1 aliphatic rings. The first-order valence-electron chi connectivity index (χ1n) is 8.25. The number of carbonyl (C=O) groups is 1. The number of nitrogens with zero attached hydrogens (tertiary/aromatic N) is 4. The number of benzene rings is 1. The fourth-order valence-electron chi connectivity index (χ4n) is 3.33. The van der Waals surface area contributed by atoms with Crippen molar-refractivity contribution in [2.24, 2.45) is 0 Å². The SMILES string of the molecule is COc1ccc(CN2CCCc3c(Cl)nc4c(C(=O)O)cnn4c32)cc1. The Morgan fingerprint density at radius 1 is 1.35 bits per heavy atom. The molecule has 0 unspecified atom stereocenters. The molecule has 26 heavy (non-hydrogen) atoms. The molecule has 0 atom stereocenters. The third kappa shape index (κ3) is 2.74. The molecule has 0 aliphatic carbocycles. The number of carboxylic acids is 1. The van der Waals surface area contributed by atoms with Crippen LogP contribution < -0.4 is 9.64 Å². The molecule has 3 aromatic rings. The number of halogens is 1. The smallest absolute Gasteiger partial charge is 0.341 e. The molecule has 0 spiro atoms. The van der Waals surface area contributed by atoms with Gasteiger partial charge in [0, 0.05) is 18.7 Å². The number of rotatable bonds is 4. The van der Waals surface area contributed by atoms with E-state index in [1.165, 1.54) is 6.20 Å². The Morgan fingerprint density at radius 3 is 2.81 bits per heavy atom. The van der Waals surface area contributed by atoms with Crippen molar-refractivity contribution in [3.8, 4) is 5.75 Å². The van der Waals surface area contributed by atoms with Crippen LogP contribution in [0.25, 0.3) is 5.65 Å². The number of aromatic nitrogens is 3. The molecule has 1 aliphatic heterocycles. The van der Waals surface area contributed by atoms with E-state index < -0.39 is 5.97 Å². The van der Waals surface area contributed by atoms with E-state index in [-0.39, 0.29) is 11.2 Å². The van der Waals surface area contributed by atoms with Crippen molar-refractivity contribution in [3.63, 3.8) is 0 Å². The minimum absolute atomic E-state index is 0.0460. The highest BCUT2D eigenvalue weighted by molar-refractivity contribution is 6.30. The van der Waals surface area contributed by atoms with E-state index in [2.05, 4.69) is 15.0 Å². The van der Waals surface area contributed by atoms with Gasteiger partial charge in [0.05, 0.1) is 13.3 Å². The van der Waals surface area contributed by atoms with Crippen molar-refractivity contribution in [3.05, 3.63) is 52.3 Å². The highest BCUT2D eigenvalue weighted by atomic mass is 35.5. The molecule has 1 N–H and O–H groups in total. The van der Waals surface area contributed by atoms with Gasteiger partial charge < -0.3 is 14.7 Å². The number of hydrogen-bond acceptors (Lipinski definition) is 5. The molecular weight excluding hydrogens is 356 g/mol. The second-order valence-electron chi connectivity index (χ2n) is 6.18. The Balaban J connectivity index is 1.79. The molecule has 1 aromatic carbocycles. The lowest BCUT2D eigenvalue weighted by Crippen LogP contribution is -2.31. The molecule has 0 saturated carbocycles. The lowest BCUT2D eigenvalue weighted by atomic mass is 10.1. The monoisotopic (exact) mass is 372 g/mol. The van der Waals surface area contributed by atoms with Gasteiger partial charge in [-0.1, -0.05) is 23.7 Å². The molecule has 0 saturated heterocycles. The van der Waals surface area contributed by atoms with E-state index in [4.69, 9.17) is 16.3 Å². The van der Waals surface area contributed by atoms with Crippen LogP contribution in [0, 0.1) is 0 Å². The molecule has 134 valence electrons. The summed E-state index contributed by atoms with van der Waals surface area (Å²) in [6.45, 7) is 1.49. The van der Waals surface area contributed by atoms with Crippen LogP contribution >= 0.6 is 11.6 Å². The Bertz CT molecular complexity index is 984. The normalized spacial score (nSPS) is 13.7. The molecule has 3 heterocycles. The molecule has 4 rings (SSSR count). The van der Waals surface area contributed by atoms with Gasteiger partial charge in [-0.15, -0.1) is 0 Å².